The van der Waals surface area contributed by atoms with Crippen molar-refractivity contribution in [3.63, 3.8) is 0 Å². The van der Waals surface area contributed by atoms with Crippen LogP contribution in [-0.2, 0) is 6.18 Å². The Kier molecular flexibility index (Phi) is 5.12. The Morgan fingerprint density at radius 1 is 0.963 bits per heavy atom. The Morgan fingerprint density at radius 2 is 1.70 bits per heavy atom. The summed E-state index contributed by atoms with van der Waals surface area (Å²) in [5, 5.41) is 5.75. The minimum atomic E-state index is -4.43. The molecule has 1 aromatic heterocycles. The van der Waals surface area contributed by atoms with Crippen molar-refractivity contribution in [2.45, 2.75) is 13.1 Å². The molecular formula is C20H16F3N3O. The van der Waals surface area contributed by atoms with Gasteiger partial charge in [0.2, 0.25) is 0 Å². The Labute approximate surface area is 154 Å². The first-order valence-corrected chi connectivity index (χ1v) is 8.09. The molecule has 0 saturated carbocycles. The van der Waals surface area contributed by atoms with Gasteiger partial charge in [0, 0.05) is 11.3 Å². The molecule has 3 rings (SSSR count). The van der Waals surface area contributed by atoms with Crippen molar-refractivity contribution in [3.05, 3.63) is 83.6 Å². The zero-order valence-electron chi connectivity index (χ0n) is 14.3. The lowest BCUT2D eigenvalue weighted by molar-refractivity contribution is -0.137. The van der Waals surface area contributed by atoms with E-state index in [0.717, 1.165) is 41.2 Å². The van der Waals surface area contributed by atoms with E-state index < -0.39 is 17.6 Å². The number of aryl methyl sites for hydroxylation is 1. The van der Waals surface area contributed by atoms with Crippen LogP contribution < -0.4 is 10.6 Å². The molecule has 3 aromatic rings. The summed E-state index contributed by atoms with van der Waals surface area (Å²) in [6.45, 7) is 1.99. The van der Waals surface area contributed by atoms with Crippen molar-refractivity contribution in [2.24, 2.45) is 0 Å². The summed E-state index contributed by atoms with van der Waals surface area (Å²) in [5.41, 5.74) is 2.09. The fourth-order valence-electron chi connectivity index (χ4n) is 2.43. The fourth-order valence-corrected chi connectivity index (χ4v) is 2.43. The van der Waals surface area contributed by atoms with Crippen molar-refractivity contribution in [1.29, 1.82) is 0 Å². The Morgan fingerprint density at radius 3 is 2.30 bits per heavy atom. The highest BCUT2D eigenvalue weighted by molar-refractivity contribution is 6.03. The lowest BCUT2D eigenvalue weighted by atomic mass is 10.1. The predicted molar refractivity (Wildman–Crippen MR) is 98.1 cm³/mol. The maximum Gasteiger partial charge on any atom is 0.416 e. The van der Waals surface area contributed by atoms with E-state index in [1.807, 2.05) is 31.2 Å². The molecule has 0 bridgehead atoms. The molecule has 0 fully saturated rings. The van der Waals surface area contributed by atoms with E-state index >= 15 is 0 Å². The number of aromatic nitrogens is 1. The van der Waals surface area contributed by atoms with Crippen LogP contribution in [0.1, 0.15) is 21.5 Å². The van der Waals surface area contributed by atoms with Gasteiger partial charge in [-0.15, -0.1) is 0 Å². The van der Waals surface area contributed by atoms with Crippen LogP contribution in [0.25, 0.3) is 0 Å². The molecule has 0 atom stereocenters. The SMILES string of the molecule is Cc1cccc(Nc2ccc(NC(=O)c3ccc(C(F)(F)F)cc3)nc2)c1. The van der Waals surface area contributed by atoms with E-state index in [4.69, 9.17) is 0 Å². The summed E-state index contributed by atoms with van der Waals surface area (Å²) >= 11 is 0. The van der Waals surface area contributed by atoms with E-state index in [1.165, 1.54) is 0 Å². The number of rotatable bonds is 4. The van der Waals surface area contributed by atoms with Crippen molar-refractivity contribution >= 4 is 23.1 Å². The molecule has 1 amide bonds. The highest BCUT2D eigenvalue weighted by atomic mass is 19.4. The van der Waals surface area contributed by atoms with Gasteiger partial charge in [-0.25, -0.2) is 4.98 Å². The number of anilines is 3. The standard InChI is InChI=1S/C20H16F3N3O/c1-13-3-2-4-16(11-13)25-17-9-10-18(24-12-17)26-19(27)14-5-7-15(8-6-14)20(21,22)23/h2-12,25H,1H3,(H,24,26,27). The molecule has 2 N–H and O–H groups in total. The molecule has 7 heteroatoms. The number of pyridine rings is 1. The van der Waals surface area contributed by atoms with Crippen LogP contribution >= 0.6 is 0 Å². The maximum atomic E-state index is 12.6. The number of hydrogen-bond acceptors (Lipinski definition) is 3. The number of alkyl halides is 3. The van der Waals surface area contributed by atoms with Crippen LogP contribution in [0, 0.1) is 6.92 Å². The Balaban J connectivity index is 1.64. The first-order chi connectivity index (χ1) is 12.8. The monoisotopic (exact) mass is 371 g/mol. The van der Waals surface area contributed by atoms with Gasteiger partial charge in [-0.05, 0) is 61.0 Å². The minimum absolute atomic E-state index is 0.117. The summed E-state index contributed by atoms with van der Waals surface area (Å²) in [7, 11) is 0. The molecule has 0 aliphatic rings. The largest absolute Gasteiger partial charge is 0.416 e. The molecule has 1 heterocycles. The Bertz CT molecular complexity index is 936. The van der Waals surface area contributed by atoms with Gasteiger partial charge >= 0.3 is 6.18 Å². The molecule has 138 valence electrons. The van der Waals surface area contributed by atoms with Gasteiger partial charge in [0.25, 0.3) is 5.91 Å². The quantitative estimate of drug-likeness (QED) is 0.645. The van der Waals surface area contributed by atoms with Gasteiger partial charge in [-0.2, -0.15) is 13.2 Å². The summed E-state index contributed by atoms with van der Waals surface area (Å²) in [5.74, 6) is -0.231. The molecule has 0 aliphatic carbocycles. The summed E-state index contributed by atoms with van der Waals surface area (Å²) < 4.78 is 37.7. The van der Waals surface area contributed by atoms with E-state index in [9.17, 15) is 18.0 Å². The second-order valence-corrected chi connectivity index (χ2v) is 5.96. The van der Waals surface area contributed by atoms with Crippen LogP contribution in [0.15, 0.2) is 66.9 Å². The van der Waals surface area contributed by atoms with Gasteiger partial charge in [0.1, 0.15) is 5.82 Å². The average Bonchev–Trinajstić information content (AvgIpc) is 2.63. The zero-order chi connectivity index (χ0) is 19.4. The van der Waals surface area contributed by atoms with Crippen LogP contribution in [-0.4, -0.2) is 10.9 Å². The highest BCUT2D eigenvalue weighted by Gasteiger charge is 2.30. The lowest BCUT2D eigenvalue weighted by Crippen LogP contribution is -2.13. The van der Waals surface area contributed by atoms with Crippen molar-refractivity contribution < 1.29 is 18.0 Å². The van der Waals surface area contributed by atoms with Gasteiger partial charge in [-0.3, -0.25) is 4.79 Å². The summed E-state index contributed by atoms with van der Waals surface area (Å²) in [6, 6.07) is 15.2. The topological polar surface area (TPSA) is 54.0 Å². The van der Waals surface area contributed by atoms with Gasteiger partial charge in [0.15, 0.2) is 0 Å². The summed E-state index contributed by atoms with van der Waals surface area (Å²) in [6.07, 6.45) is -2.87. The zero-order valence-corrected chi connectivity index (χ0v) is 14.3. The fraction of sp³-hybridized carbons (Fsp3) is 0.100. The van der Waals surface area contributed by atoms with Gasteiger partial charge in [0.05, 0.1) is 17.4 Å². The number of nitrogens with one attached hydrogen (secondary N) is 2. The van der Waals surface area contributed by atoms with Crippen molar-refractivity contribution in [1.82, 2.24) is 4.98 Å². The minimum Gasteiger partial charge on any atom is -0.354 e. The normalized spacial score (nSPS) is 11.1. The smallest absolute Gasteiger partial charge is 0.354 e. The number of carbonyl (C=O) groups is 1. The average molecular weight is 371 g/mol. The molecule has 2 aromatic carbocycles. The molecule has 0 saturated heterocycles. The second-order valence-electron chi connectivity index (χ2n) is 5.96. The summed E-state index contributed by atoms with van der Waals surface area (Å²) in [4.78, 5) is 16.3. The number of halogens is 3. The van der Waals surface area contributed by atoms with Crippen LogP contribution in [0.5, 0.6) is 0 Å². The number of carbonyl (C=O) groups excluding carboxylic acids is 1. The van der Waals surface area contributed by atoms with Crippen molar-refractivity contribution in [2.75, 3.05) is 10.6 Å². The molecule has 27 heavy (non-hydrogen) atoms. The third-order valence-electron chi connectivity index (χ3n) is 3.79. The first-order valence-electron chi connectivity index (χ1n) is 8.09. The molecule has 0 aliphatic heterocycles. The van der Waals surface area contributed by atoms with E-state index in [0.29, 0.717) is 5.82 Å². The predicted octanol–water partition coefficient (Wildman–Crippen LogP) is 5.40. The van der Waals surface area contributed by atoms with Crippen LogP contribution in [0.4, 0.5) is 30.4 Å². The number of hydrogen-bond donors (Lipinski definition) is 2. The first kappa shape index (κ1) is 18.4. The van der Waals surface area contributed by atoms with Crippen LogP contribution in [0.2, 0.25) is 0 Å². The second kappa shape index (κ2) is 7.49. The Hall–Kier alpha value is -3.35. The van der Waals surface area contributed by atoms with Crippen molar-refractivity contribution in [3.8, 4) is 0 Å². The molecule has 0 spiro atoms. The third-order valence-corrected chi connectivity index (χ3v) is 3.79. The van der Waals surface area contributed by atoms with E-state index in [1.54, 1.807) is 18.3 Å². The number of benzene rings is 2. The van der Waals surface area contributed by atoms with Gasteiger partial charge < -0.3 is 10.6 Å². The molecule has 4 nitrogen and oxygen atoms in total. The molecular weight excluding hydrogens is 355 g/mol. The maximum absolute atomic E-state index is 12.6. The van der Waals surface area contributed by atoms with Crippen LogP contribution in [0.3, 0.4) is 0 Å². The van der Waals surface area contributed by atoms with E-state index in [-0.39, 0.29) is 5.56 Å². The highest BCUT2D eigenvalue weighted by Crippen LogP contribution is 2.29. The van der Waals surface area contributed by atoms with Gasteiger partial charge in [-0.1, -0.05) is 12.1 Å². The van der Waals surface area contributed by atoms with E-state index in [2.05, 4.69) is 15.6 Å². The third kappa shape index (κ3) is 4.84. The lowest BCUT2D eigenvalue weighted by Gasteiger charge is -2.09. The molecule has 0 radical (unpaired) electrons. The number of nitrogens with zero attached hydrogens (tertiary/aromatic N) is 1. The molecule has 0 unspecified atom stereocenters. The number of amides is 1.